The summed E-state index contributed by atoms with van der Waals surface area (Å²) in [5.41, 5.74) is -4.21. The number of amides is 4. The molecule has 0 saturated carbocycles. The molecule has 1 rings (SSSR count). The van der Waals surface area contributed by atoms with Crippen molar-refractivity contribution in [3.8, 4) is 0 Å². The van der Waals surface area contributed by atoms with Gasteiger partial charge >= 0.3 is 24.2 Å². The smallest absolute Gasteiger partial charge is 0.408 e. The molecule has 4 amide bonds. The molecule has 0 aliphatic carbocycles. The molecular formula is C30H54BN4O10. The first-order valence-electron chi connectivity index (χ1n) is 15.5. The van der Waals surface area contributed by atoms with E-state index in [1.54, 1.807) is 62.3 Å². The lowest BCUT2D eigenvalue weighted by molar-refractivity contribution is -0.152. The summed E-state index contributed by atoms with van der Waals surface area (Å²) >= 11 is 0. The normalized spacial score (nSPS) is 19.5. The van der Waals surface area contributed by atoms with Gasteiger partial charge in [-0.15, -0.1) is 0 Å². The highest BCUT2D eigenvalue weighted by atomic mass is 16.6. The van der Waals surface area contributed by atoms with Crippen LogP contribution < -0.4 is 16.0 Å². The van der Waals surface area contributed by atoms with Crippen LogP contribution >= 0.6 is 0 Å². The van der Waals surface area contributed by atoms with Gasteiger partial charge in [0.1, 0.15) is 22.8 Å². The molecule has 0 bridgehead atoms. The number of unbranched alkanes of at least 4 members (excludes halogenated alkanes) is 1. The SMILES string of the molecule is CC(C)(C)OC(=O)NCCCCC(NC(=O)OC(C)(C)C)C(=O)N1C[C@@H](CCC[B]O)C[C@](NC(=O)OC(C)(C)C)(C(=O)O)C1. The van der Waals surface area contributed by atoms with Crippen LogP contribution in [-0.2, 0) is 23.8 Å². The minimum atomic E-state index is -1.85. The van der Waals surface area contributed by atoms with Gasteiger partial charge in [0.25, 0.3) is 7.48 Å². The Morgan fingerprint density at radius 2 is 1.42 bits per heavy atom. The maximum Gasteiger partial charge on any atom is 0.408 e. The first-order chi connectivity index (χ1) is 20.6. The molecule has 1 aliphatic heterocycles. The van der Waals surface area contributed by atoms with E-state index < -0.39 is 58.5 Å². The topological polar surface area (TPSA) is 193 Å². The van der Waals surface area contributed by atoms with Crippen LogP contribution in [0.2, 0.25) is 6.32 Å². The Morgan fingerprint density at radius 1 is 0.867 bits per heavy atom. The monoisotopic (exact) mass is 641 g/mol. The molecule has 0 spiro atoms. The van der Waals surface area contributed by atoms with Gasteiger partial charge < -0.3 is 45.2 Å². The zero-order valence-electron chi connectivity index (χ0n) is 28.4. The third kappa shape index (κ3) is 16.1. The fourth-order valence-electron chi connectivity index (χ4n) is 4.89. The Bertz CT molecular complexity index is 1020. The molecule has 1 saturated heterocycles. The van der Waals surface area contributed by atoms with Crippen molar-refractivity contribution < 1.29 is 48.3 Å². The van der Waals surface area contributed by atoms with E-state index in [1.807, 2.05) is 0 Å². The van der Waals surface area contributed by atoms with E-state index in [2.05, 4.69) is 16.0 Å². The van der Waals surface area contributed by atoms with E-state index in [4.69, 9.17) is 19.2 Å². The summed E-state index contributed by atoms with van der Waals surface area (Å²) in [6.07, 6.45) is 0.198. The van der Waals surface area contributed by atoms with Crippen LogP contribution in [0.3, 0.4) is 0 Å². The van der Waals surface area contributed by atoms with Crippen LogP contribution in [0.1, 0.15) is 101 Å². The predicted octanol–water partition coefficient (Wildman–Crippen LogP) is 3.58. The van der Waals surface area contributed by atoms with Crippen LogP contribution in [0.25, 0.3) is 0 Å². The summed E-state index contributed by atoms with van der Waals surface area (Å²) in [4.78, 5) is 65.6. The number of nitrogens with zero attached hydrogens (tertiary/aromatic N) is 1. The van der Waals surface area contributed by atoms with Crippen molar-refractivity contribution in [1.29, 1.82) is 0 Å². The molecule has 257 valence electrons. The van der Waals surface area contributed by atoms with Gasteiger partial charge in [-0.3, -0.25) is 4.79 Å². The summed E-state index contributed by atoms with van der Waals surface area (Å²) in [6, 6.07) is -1.07. The van der Waals surface area contributed by atoms with Gasteiger partial charge in [-0.05, 0) is 100 Å². The number of carboxylic acids is 1. The van der Waals surface area contributed by atoms with E-state index in [-0.39, 0.29) is 38.4 Å². The number of likely N-dealkylation sites (tertiary alicyclic amines) is 1. The molecule has 3 atom stereocenters. The van der Waals surface area contributed by atoms with E-state index in [0.717, 1.165) is 7.48 Å². The van der Waals surface area contributed by atoms with Crippen molar-refractivity contribution in [1.82, 2.24) is 20.9 Å². The Balaban J connectivity index is 3.21. The lowest BCUT2D eigenvalue weighted by Crippen LogP contribution is -2.67. The number of piperidine rings is 1. The molecule has 1 aliphatic rings. The molecule has 1 radical (unpaired) electrons. The van der Waals surface area contributed by atoms with Gasteiger partial charge in [0, 0.05) is 13.1 Å². The van der Waals surface area contributed by atoms with E-state index in [1.165, 1.54) is 4.90 Å². The number of carboxylic acid groups (broad SMARTS) is 1. The lowest BCUT2D eigenvalue weighted by atomic mass is 9.78. The second-order valence-corrected chi connectivity index (χ2v) is 14.5. The molecule has 15 heteroatoms. The highest BCUT2D eigenvalue weighted by Crippen LogP contribution is 2.31. The standard InChI is InChI=1S/C30H54BN4O10/c1-27(2,3)43-24(39)32-16-11-10-14-21(33-25(40)44-28(4,5)6)22(36)35-18-20(13-12-15-31-42)17-30(19-35,23(37)38)34-26(41)45-29(7,8)9/h20-21,42H,10-19H2,1-9H3,(H,32,39)(H,33,40)(H,34,41)(H,37,38)/t20-,21?,30+/m0/s1. The van der Waals surface area contributed by atoms with Crippen molar-refractivity contribution in [3.63, 3.8) is 0 Å². The number of rotatable bonds is 13. The molecule has 0 aromatic carbocycles. The molecule has 5 N–H and O–H groups in total. The second-order valence-electron chi connectivity index (χ2n) is 14.5. The van der Waals surface area contributed by atoms with Crippen LogP contribution in [0.5, 0.6) is 0 Å². The zero-order valence-corrected chi connectivity index (χ0v) is 28.4. The molecule has 1 fully saturated rings. The van der Waals surface area contributed by atoms with Crippen molar-refractivity contribution in [2.75, 3.05) is 19.6 Å². The van der Waals surface area contributed by atoms with Gasteiger partial charge in [0.15, 0.2) is 5.54 Å². The highest BCUT2D eigenvalue weighted by Gasteiger charge is 2.49. The third-order valence-electron chi connectivity index (χ3n) is 6.56. The van der Waals surface area contributed by atoms with Crippen LogP contribution in [0.4, 0.5) is 14.4 Å². The largest absolute Gasteiger partial charge is 0.479 e. The molecule has 0 aromatic rings. The number of hydrogen-bond acceptors (Lipinski definition) is 9. The first kappa shape index (κ1) is 39.8. The van der Waals surface area contributed by atoms with Crippen molar-refractivity contribution in [3.05, 3.63) is 0 Å². The maximum atomic E-state index is 14.0. The summed E-state index contributed by atoms with van der Waals surface area (Å²) in [5.74, 6) is -2.20. The minimum Gasteiger partial charge on any atom is -0.479 e. The van der Waals surface area contributed by atoms with Gasteiger partial charge in [-0.1, -0.05) is 12.7 Å². The van der Waals surface area contributed by atoms with E-state index >= 15 is 0 Å². The number of hydrogen-bond donors (Lipinski definition) is 5. The van der Waals surface area contributed by atoms with E-state index in [9.17, 15) is 29.1 Å². The molecule has 1 unspecified atom stereocenters. The Kier molecular flexibility index (Phi) is 15.0. The van der Waals surface area contributed by atoms with Crippen molar-refractivity contribution >= 4 is 37.6 Å². The number of alkyl carbamates (subject to hydrolysis) is 3. The fourth-order valence-corrected chi connectivity index (χ4v) is 4.89. The Morgan fingerprint density at radius 3 is 1.96 bits per heavy atom. The van der Waals surface area contributed by atoms with Gasteiger partial charge in [0.05, 0.1) is 6.54 Å². The summed E-state index contributed by atoms with van der Waals surface area (Å²) in [7, 11) is 1.02. The lowest BCUT2D eigenvalue weighted by Gasteiger charge is -2.45. The number of carbonyl (C=O) groups is 5. The van der Waals surface area contributed by atoms with Gasteiger partial charge in [-0.2, -0.15) is 0 Å². The number of carbonyl (C=O) groups excluding carboxylic acids is 4. The summed E-state index contributed by atoms with van der Waals surface area (Å²) in [5, 5.41) is 27.3. The first-order valence-corrected chi connectivity index (χ1v) is 15.5. The number of ether oxygens (including phenoxy) is 3. The van der Waals surface area contributed by atoms with Crippen LogP contribution in [-0.4, -0.2) is 101 Å². The Hall–Kier alpha value is -3.23. The fraction of sp³-hybridized carbons (Fsp3) is 0.833. The number of aliphatic carboxylic acids is 1. The van der Waals surface area contributed by atoms with Gasteiger partial charge in [0.2, 0.25) is 5.91 Å². The molecule has 14 nitrogen and oxygen atoms in total. The van der Waals surface area contributed by atoms with E-state index in [0.29, 0.717) is 32.0 Å². The van der Waals surface area contributed by atoms with Crippen LogP contribution in [0.15, 0.2) is 0 Å². The third-order valence-corrected chi connectivity index (χ3v) is 6.56. The maximum absolute atomic E-state index is 14.0. The highest BCUT2D eigenvalue weighted by molar-refractivity contribution is 6.25. The molecule has 1 heterocycles. The quantitative estimate of drug-likeness (QED) is 0.113. The average molecular weight is 642 g/mol. The predicted molar refractivity (Wildman–Crippen MR) is 168 cm³/mol. The summed E-state index contributed by atoms with van der Waals surface area (Å²) < 4.78 is 16.0. The second kappa shape index (κ2) is 16.9. The molecular weight excluding hydrogens is 587 g/mol. The average Bonchev–Trinajstić information content (AvgIpc) is 2.84. The van der Waals surface area contributed by atoms with Crippen LogP contribution in [0, 0.1) is 5.92 Å². The number of nitrogens with one attached hydrogen (secondary N) is 3. The van der Waals surface area contributed by atoms with Gasteiger partial charge in [-0.25, -0.2) is 19.2 Å². The molecule has 0 aromatic heterocycles. The summed E-state index contributed by atoms with van der Waals surface area (Å²) in [6.45, 7) is 15.4. The zero-order chi connectivity index (χ0) is 34.6. The Labute approximate surface area is 267 Å². The minimum absolute atomic E-state index is 0.0390. The molecule has 45 heavy (non-hydrogen) atoms. The van der Waals surface area contributed by atoms with Crippen molar-refractivity contribution in [2.45, 2.75) is 136 Å². The van der Waals surface area contributed by atoms with Crippen molar-refractivity contribution in [2.24, 2.45) is 5.92 Å².